The maximum absolute atomic E-state index is 12.1. The summed E-state index contributed by atoms with van der Waals surface area (Å²) >= 11 is 0. The minimum atomic E-state index is -0.00863. The molecule has 114 valence electrons. The number of carbonyl (C=O) groups excluding carboxylic acids is 1. The van der Waals surface area contributed by atoms with Crippen molar-refractivity contribution in [2.75, 3.05) is 26.2 Å². The van der Waals surface area contributed by atoms with E-state index in [0.29, 0.717) is 11.8 Å². The van der Waals surface area contributed by atoms with Gasteiger partial charge in [0.15, 0.2) is 5.84 Å². The van der Waals surface area contributed by atoms with Crippen molar-refractivity contribution in [3.8, 4) is 0 Å². The van der Waals surface area contributed by atoms with E-state index in [1.807, 2.05) is 4.90 Å². The van der Waals surface area contributed by atoms with Gasteiger partial charge in [0.25, 0.3) is 0 Å². The minimum absolute atomic E-state index is 0.00863. The third kappa shape index (κ3) is 3.85. The first-order chi connectivity index (χ1) is 9.65. The summed E-state index contributed by atoms with van der Waals surface area (Å²) in [6.07, 6.45) is 5.02. The van der Waals surface area contributed by atoms with Crippen LogP contribution in [0.2, 0.25) is 0 Å². The summed E-state index contributed by atoms with van der Waals surface area (Å²) in [5.41, 5.74) is 5.78. The molecule has 0 aromatic carbocycles. The van der Waals surface area contributed by atoms with E-state index in [2.05, 4.69) is 17.0 Å². The second-order valence-electron chi connectivity index (χ2n) is 5.89. The number of nitrogens with two attached hydrogens (primary N) is 1. The Hall–Kier alpha value is -1.30. The van der Waals surface area contributed by atoms with Gasteiger partial charge in [-0.25, -0.2) is 0 Å². The zero-order valence-electron chi connectivity index (χ0n) is 12.3. The molecule has 0 aromatic rings. The fourth-order valence-corrected chi connectivity index (χ4v) is 2.84. The molecule has 1 unspecified atom stereocenters. The van der Waals surface area contributed by atoms with Crippen LogP contribution in [0.25, 0.3) is 0 Å². The van der Waals surface area contributed by atoms with E-state index in [1.54, 1.807) is 0 Å². The Morgan fingerprint density at radius 2 is 2.00 bits per heavy atom. The maximum Gasteiger partial charge on any atom is 0.222 e. The van der Waals surface area contributed by atoms with Crippen LogP contribution in [-0.4, -0.2) is 59.0 Å². The number of nitrogens with zero attached hydrogens (tertiary/aromatic N) is 3. The second kappa shape index (κ2) is 6.92. The summed E-state index contributed by atoms with van der Waals surface area (Å²) in [5, 5.41) is 12.0. The lowest BCUT2D eigenvalue weighted by atomic mass is 10.1. The summed E-state index contributed by atoms with van der Waals surface area (Å²) in [6.45, 7) is 5.20. The number of rotatable bonds is 6. The molecule has 0 bridgehead atoms. The van der Waals surface area contributed by atoms with Crippen LogP contribution >= 0.6 is 0 Å². The molecule has 1 aliphatic heterocycles. The molecule has 1 atom stereocenters. The number of piperazine rings is 1. The largest absolute Gasteiger partial charge is 0.409 e. The molecule has 0 radical (unpaired) electrons. The first kappa shape index (κ1) is 15.1. The van der Waals surface area contributed by atoms with Crippen LogP contribution in [0, 0.1) is 5.92 Å². The molecule has 2 aliphatic rings. The predicted octanol–water partition coefficient (Wildman–Crippen LogP) is 0.846. The van der Waals surface area contributed by atoms with Gasteiger partial charge in [0.05, 0.1) is 6.04 Å². The maximum atomic E-state index is 12.1. The fraction of sp³-hybridized carbons (Fsp3) is 0.857. The van der Waals surface area contributed by atoms with E-state index in [1.165, 1.54) is 12.8 Å². The number of oxime groups is 1. The van der Waals surface area contributed by atoms with E-state index in [0.717, 1.165) is 45.4 Å². The van der Waals surface area contributed by atoms with Crippen molar-refractivity contribution >= 4 is 11.7 Å². The van der Waals surface area contributed by atoms with Gasteiger partial charge < -0.3 is 15.8 Å². The Kier molecular flexibility index (Phi) is 5.23. The predicted molar refractivity (Wildman–Crippen MR) is 77.6 cm³/mol. The summed E-state index contributed by atoms with van der Waals surface area (Å²) in [5.74, 6) is 1.22. The van der Waals surface area contributed by atoms with Crippen molar-refractivity contribution in [2.24, 2.45) is 16.8 Å². The number of hydrogen-bond donors (Lipinski definition) is 2. The molecule has 0 spiro atoms. The van der Waals surface area contributed by atoms with Crippen LogP contribution in [-0.2, 0) is 4.79 Å². The van der Waals surface area contributed by atoms with E-state index < -0.39 is 0 Å². The second-order valence-corrected chi connectivity index (χ2v) is 5.89. The Labute approximate surface area is 120 Å². The van der Waals surface area contributed by atoms with Gasteiger partial charge in [0, 0.05) is 32.6 Å². The Morgan fingerprint density at radius 1 is 1.35 bits per heavy atom. The van der Waals surface area contributed by atoms with E-state index in [4.69, 9.17) is 10.9 Å². The highest BCUT2D eigenvalue weighted by Gasteiger charge is 2.31. The van der Waals surface area contributed by atoms with Gasteiger partial charge in [0.2, 0.25) is 5.91 Å². The monoisotopic (exact) mass is 282 g/mol. The number of amidine groups is 1. The molecule has 1 amide bonds. The average Bonchev–Trinajstić information content (AvgIpc) is 3.28. The SMILES string of the molecule is CCCC(C(N)=NO)N1CCN(C(=O)CC2CC2)CC1. The molecule has 1 heterocycles. The van der Waals surface area contributed by atoms with Crippen LogP contribution in [0.5, 0.6) is 0 Å². The molecule has 1 aliphatic carbocycles. The van der Waals surface area contributed by atoms with Gasteiger partial charge in [-0.3, -0.25) is 9.69 Å². The lowest BCUT2D eigenvalue weighted by Gasteiger charge is -2.38. The zero-order chi connectivity index (χ0) is 14.5. The lowest BCUT2D eigenvalue weighted by molar-refractivity contribution is -0.133. The Bertz CT molecular complexity index is 360. The van der Waals surface area contributed by atoms with Crippen LogP contribution < -0.4 is 5.73 Å². The van der Waals surface area contributed by atoms with Crippen LogP contribution in [0.15, 0.2) is 5.16 Å². The van der Waals surface area contributed by atoms with Crippen molar-refractivity contribution in [3.63, 3.8) is 0 Å². The van der Waals surface area contributed by atoms with E-state index in [9.17, 15) is 4.79 Å². The van der Waals surface area contributed by atoms with Gasteiger partial charge in [-0.05, 0) is 25.2 Å². The Balaban J connectivity index is 1.83. The molecular weight excluding hydrogens is 256 g/mol. The van der Waals surface area contributed by atoms with Gasteiger partial charge in [-0.1, -0.05) is 18.5 Å². The van der Waals surface area contributed by atoms with Gasteiger partial charge >= 0.3 is 0 Å². The van der Waals surface area contributed by atoms with Gasteiger partial charge in [-0.2, -0.15) is 0 Å². The van der Waals surface area contributed by atoms with E-state index in [-0.39, 0.29) is 11.9 Å². The molecular formula is C14H26N4O2. The summed E-state index contributed by atoms with van der Waals surface area (Å²) in [7, 11) is 0. The number of carbonyl (C=O) groups is 1. The molecule has 2 fully saturated rings. The topological polar surface area (TPSA) is 82.2 Å². The number of hydrogen-bond acceptors (Lipinski definition) is 4. The smallest absolute Gasteiger partial charge is 0.222 e. The third-order valence-corrected chi connectivity index (χ3v) is 4.29. The summed E-state index contributed by atoms with van der Waals surface area (Å²) in [6, 6.07) is -0.00863. The van der Waals surface area contributed by atoms with Crippen LogP contribution in [0.1, 0.15) is 39.0 Å². The highest BCUT2D eigenvalue weighted by molar-refractivity contribution is 5.85. The summed E-state index contributed by atoms with van der Waals surface area (Å²) < 4.78 is 0. The molecule has 0 aromatic heterocycles. The van der Waals surface area contributed by atoms with Gasteiger partial charge in [0.1, 0.15) is 0 Å². The van der Waals surface area contributed by atoms with Gasteiger partial charge in [-0.15, -0.1) is 0 Å². The molecule has 20 heavy (non-hydrogen) atoms. The lowest BCUT2D eigenvalue weighted by Crippen LogP contribution is -2.55. The quantitative estimate of drug-likeness (QED) is 0.327. The number of amides is 1. The highest BCUT2D eigenvalue weighted by Crippen LogP contribution is 2.33. The third-order valence-electron chi connectivity index (χ3n) is 4.29. The molecule has 1 saturated heterocycles. The normalized spacial score (nSPS) is 22.9. The average molecular weight is 282 g/mol. The molecule has 6 nitrogen and oxygen atoms in total. The molecule has 3 N–H and O–H groups in total. The van der Waals surface area contributed by atoms with Crippen molar-refractivity contribution < 1.29 is 10.0 Å². The van der Waals surface area contributed by atoms with Crippen molar-refractivity contribution in [1.29, 1.82) is 0 Å². The molecule has 1 saturated carbocycles. The van der Waals surface area contributed by atoms with Crippen molar-refractivity contribution in [2.45, 2.75) is 45.1 Å². The first-order valence-corrected chi connectivity index (χ1v) is 7.65. The molecule has 6 heteroatoms. The summed E-state index contributed by atoms with van der Waals surface area (Å²) in [4.78, 5) is 16.2. The Morgan fingerprint density at radius 3 is 2.50 bits per heavy atom. The standard InChI is InChI=1S/C14H26N4O2/c1-2-3-12(14(15)16-20)17-6-8-18(9-7-17)13(19)10-11-4-5-11/h11-12,20H,2-10H2,1H3,(H2,15,16). The minimum Gasteiger partial charge on any atom is -0.409 e. The van der Waals surface area contributed by atoms with Crippen LogP contribution in [0.4, 0.5) is 0 Å². The first-order valence-electron chi connectivity index (χ1n) is 7.65. The van der Waals surface area contributed by atoms with Crippen molar-refractivity contribution in [3.05, 3.63) is 0 Å². The fourth-order valence-electron chi connectivity index (χ4n) is 2.84. The van der Waals surface area contributed by atoms with Crippen molar-refractivity contribution in [1.82, 2.24) is 9.80 Å². The zero-order valence-corrected chi connectivity index (χ0v) is 12.3. The highest BCUT2D eigenvalue weighted by atomic mass is 16.4. The van der Waals surface area contributed by atoms with Crippen LogP contribution in [0.3, 0.4) is 0 Å². The molecule has 2 rings (SSSR count). The van der Waals surface area contributed by atoms with E-state index >= 15 is 0 Å².